The van der Waals surface area contributed by atoms with Gasteiger partial charge in [-0.3, -0.25) is 14.1 Å². The topological polar surface area (TPSA) is 279 Å². The van der Waals surface area contributed by atoms with Crippen molar-refractivity contribution in [1.29, 1.82) is 0 Å². The molecule has 0 amide bonds. The number of likely N-dealkylation sites (N-methyl/N-ethyl adjacent to an activating group) is 1. The van der Waals surface area contributed by atoms with Crippen LogP contribution in [0.15, 0.2) is 89.5 Å². The highest BCUT2D eigenvalue weighted by Crippen LogP contribution is 2.43. The predicted molar refractivity (Wildman–Crippen MR) is 375 cm³/mol. The number of imidazole rings is 2. The molecule has 0 aliphatic carbocycles. The second kappa shape index (κ2) is 32.7. The number of aromatic nitrogens is 8. The summed E-state index contributed by atoms with van der Waals surface area (Å²) in [6.45, 7) is 23.3. The third-order valence-corrected chi connectivity index (χ3v) is 15.9. The molecule has 6 heterocycles. The van der Waals surface area contributed by atoms with Crippen LogP contribution in [0.25, 0.3) is 38.8 Å². The van der Waals surface area contributed by atoms with Crippen molar-refractivity contribution < 1.29 is 70.7 Å². The maximum atomic E-state index is 14.2. The van der Waals surface area contributed by atoms with Gasteiger partial charge in [0.25, 0.3) is 0 Å². The van der Waals surface area contributed by atoms with Crippen molar-refractivity contribution in [3.8, 4) is 81.1 Å². The first kappa shape index (κ1) is 76.1. The molecule has 28 heteroatoms. The van der Waals surface area contributed by atoms with Crippen molar-refractivity contribution in [3.05, 3.63) is 156 Å². The van der Waals surface area contributed by atoms with E-state index < -0.39 is 9.85 Å². The Balaban J connectivity index is 0.000000288. The molecule has 10 rings (SSSR count). The Morgan fingerprint density at radius 2 is 1.05 bits per heavy atom. The first-order valence-corrected chi connectivity index (χ1v) is 31.4. The number of hydrogen-bond acceptors (Lipinski definition) is 19. The number of fused-ring (bicyclic) bond motifs is 3. The minimum absolute atomic E-state index is 0.179. The number of carbonyl (C=O) groups is 2. The van der Waals surface area contributed by atoms with Gasteiger partial charge in [0.05, 0.1) is 114 Å². The molecule has 0 spiro atoms. The van der Waals surface area contributed by atoms with Gasteiger partial charge in [-0.15, -0.1) is 25.0 Å². The summed E-state index contributed by atoms with van der Waals surface area (Å²) < 4.78 is 57.3. The van der Waals surface area contributed by atoms with Crippen LogP contribution >= 0.6 is 15.9 Å². The van der Waals surface area contributed by atoms with Crippen molar-refractivity contribution >= 4 is 66.8 Å². The third-order valence-electron chi connectivity index (χ3n) is 15.5. The fourth-order valence-electron chi connectivity index (χ4n) is 11.4. The van der Waals surface area contributed by atoms with Crippen molar-refractivity contribution in [2.75, 3.05) is 84.6 Å². The van der Waals surface area contributed by atoms with E-state index in [-0.39, 0.29) is 58.1 Å². The Morgan fingerprint density at radius 3 is 1.45 bits per heavy atom. The number of hydrogen-bond donors (Lipinski definition) is 0. The number of quaternary nitrogens is 2. The summed E-state index contributed by atoms with van der Waals surface area (Å²) in [6, 6.07) is 16.8. The summed E-state index contributed by atoms with van der Waals surface area (Å²) in [5.74, 6) is 14.3. The molecule has 1 unspecified atom stereocenters. The van der Waals surface area contributed by atoms with Gasteiger partial charge < -0.3 is 67.0 Å². The minimum atomic E-state index is -0.533. The molecule has 1 atom stereocenters. The van der Waals surface area contributed by atoms with E-state index in [0.29, 0.717) is 148 Å². The van der Waals surface area contributed by atoms with Crippen LogP contribution in [-0.2, 0) is 40.5 Å². The van der Waals surface area contributed by atoms with Gasteiger partial charge in [-0.05, 0) is 100 Å². The van der Waals surface area contributed by atoms with Gasteiger partial charge in [-0.2, -0.15) is 10.2 Å². The standard InChI is InChI=1S/C33H34BrN6O8.C31H33N6O7.2C2H6.C2H4/c1-9-10-20-23(44-5)12-11-21-28(31(41)19-15-25(45-6)32(47-8)26(16-19)46-7)36-38(30(20)21)18-40(3,4)17-22-29(24-13-14-27(34)48-24)35-33(37(22)2)39(42)43;1-9-10-20-23(41-5)12-11-21-27(29(38)19-13-24(42-6)30(44-8)25(14-19)43-7)33-35(28(20)21)17-37(4)15-18(2)26-22(16-37)34(3)31(32-26)36(39)40;3*1-2/h11-16H,17-18H2,1-8H3;11-14H,2,15-17H2,1,3-8H3;2*1-2H3;1-2H2/q2*+1;;;. The first-order chi connectivity index (χ1) is 46.9. The second-order valence-electron chi connectivity index (χ2n) is 22.1. The summed E-state index contributed by atoms with van der Waals surface area (Å²) >= 11 is 3.30. The lowest BCUT2D eigenvalue weighted by molar-refractivity contribution is -0.938. The van der Waals surface area contributed by atoms with E-state index in [1.165, 1.54) is 51.8 Å². The number of carbonyl (C=O) groups excluding carboxylic acids is 2. The van der Waals surface area contributed by atoms with Crippen LogP contribution in [0.2, 0.25) is 0 Å². The highest BCUT2D eigenvalue weighted by molar-refractivity contribution is 9.10. The fraction of sp³-hybridized carbons (Fsp3) is 0.343. The number of halogens is 1. The van der Waals surface area contributed by atoms with Gasteiger partial charge in [-0.1, -0.05) is 56.1 Å². The van der Waals surface area contributed by atoms with E-state index in [1.54, 1.807) is 112 Å². The zero-order valence-corrected chi connectivity index (χ0v) is 60.4. The molecule has 5 aromatic heterocycles. The van der Waals surface area contributed by atoms with Crippen molar-refractivity contribution in [3.63, 3.8) is 0 Å². The SMILES string of the molecule is C=C.C=C1C[N+](C)(Cn2nc(C(=O)c3cc(OC)c(OC)c(OC)c3)c3ccc(OC)c(C#CC)c32)Cc2c1nc([N+](=O)[O-])n2C.CC.CC.CC#Cc1c(OC)ccc2c(C(=O)c3cc(OC)c(OC)c(OC)c3)nn(C[N+](C)(C)Cc3c(-c4ccc(Br)o4)nc([N+](=O)[O-])n3C)c12. The average Bonchev–Trinajstić information content (AvgIpc) is 1.59. The van der Waals surface area contributed by atoms with E-state index in [4.69, 9.17) is 52.5 Å². The average molecular weight is 1410 g/mol. The molecular formula is C70H83BrN12O15+2. The van der Waals surface area contributed by atoms with Crippen LogP contribution in [0.5, 0.6) is 46.0 Å². The molecule has 0 radical (unpaired) electrons. The lowest BCUT2D eigenvalue weighted by Crippen LogP contribution is -2.48. The number of nitrogens with zero attached hydrogens (tertiary/aromatic N) is 12. The number of furan rings is 1. The summed E-state index contributed by atoms with van der Waals surface area (Å²) in [4.78, 5) is 59.3. The fourth-order valence-corrected chi connectivity index (χ4v) is 11.7. The molecule has 9 aromatic rings. The Morgan fingerprint density at radius 1 is 0.633 bits per heavy atom. The van der Waals surface area contributed by atoms with Crippen LogP contribution in [0, 0.1) is 43.9 Å². The maximum absolute atomic E-state index is 14.2. The second-order valence-corrected chi connectivity index (χ2v) is 22.9. The smallest absolute Gasteiger partial charge is 0.435 e. The Kier molecular flexibility index (Phi) is 25.4. The monoisotopic (exact) mass is 1410 g/mol. The Hall–Kier alpha value is -10.9. The van der Waals surface area contributed by atoms with Gasteiger partial charge in [0.2, 0.25) is 28.8 Å². The highest BCUT2D eigenvalue weighted by Gasteiger charge is 2.42. The van der Waals surface area contributed by atoms with Crippen LogP contribution in [0.1, 0.15) is 102 Å². The van der Waals surface area contributed by atoms with Crippen molar-refractivity contribution in [2.45, 2.75) is 68.0 Å². The maximum Gasteiger partial charge on any atom is 0.435 e. The summed E-state index contributed by atoms with van der Waals surface area (Å²) in [5.41, 5.74) is 6.16. The van der Waals surface area contributed by atoms with E-state index >= 15 is 0 Å². The van der Waals surface area contributed by atoms with E-state index in [1.807, 2.05) is 48.8 Å². The molecule has 0 N–H and O–H groups in total. The van der Waals surface area contributed by atoms with Crippen molar-refractivity contribution in [2.24, 2.45) is 14.1 Å². The molecule has 27 nitrogen and oxygen atoms in total. The van der Waals surface area contributed by atoms with Gasteiger partial charge in [0.15, 0.2) is 63.8 Å². The molecule has 0 saturated carbocycles. The zero-order valence-electron chi connectivity index (χ0n) is 58.8. The van der Waals surface area contributed by atoms with E-state index in [9.17, 15) is 29.8 Å². The number of methoxy groups -OCH3 is 8. The van der Waals surface area contributed by atoms with Gasteiger partial charge in [0.1, 0.15) is 42.5 Å². The number of rotatable bonds is 21. The molecule has 4 aromatic carbocycles. The molecule has 0 fully saturated rings. The normalized spacial score (nSPS) is 12.8. The third kappa shape index (κ3) is 15.2. The molecular weight excluding hydrogens is 1330 g/mol. The van der Waals surface area contributed by atoms with E-state index in [0.717, 1.165) is 0 Å². The number of nitro groups is 2. The van der Waals surface area contributed by atoms with Crippen LogP contribution in [0.3, 0.4) is 0 Å². The lowest BCUT2D eigenvalue weighted by atomic mass is 10.0. The van der Waals surface area contributed by atoms with Gasteiger partial charge >= 0.3 is 11.9 Å². The molecule has 98 heavy (non-hydrogen) atoms. The molecule has 518 valence electrons. The number of benzene rings is 4. The molecule has 1 aliphatic rings. The van der Waals surface area contributed by atoms with E-state index in [2.05, 4.69) is 69.3 Å². The summed E-state index contributed by atoms with van der Waals surface area (Å²) in [5, 5.41) is 34.3. The zero-order chi connectivity index (χ0) is 72.8. The van der Waals surface area contributed by atoms with Crippen LogP contribution < -0.4 is 37.9 Å². The number of ketones is 2. The Labute approximate surface area is 577 Å². The minimum Gasteiger partial charge on any atom is -0.495 e. The molecule has 0 bridgehead atoms. The summed E-state index contributed by atoms with van der Waals surface area (Å²) in [6.07, 6.45) is 0. The lowest BCUT2D eigenvalue weighted by Gasteiger charge is -2.36. The largest absolute Gasteiger partial charge is 0.495 e. The predicted octanol–water partition coefficient (Wildman–Crippen LogP) is 12.4. The Bertz CT molecular complexity index is 4580. The first-order valence-electron chi connectivity index (χ1n) is 30.6. The summed E-state index contributed by atoms with van der Waals surface area (Å²) in [7, 11) is 21.1. The van der Waals surface area contributed by atoms with Crippen molar-refractivity contribution in [1.82, 2.24) is 38.7 Å². The quantitative estimate of drug-likeness (QED) is 0.0161. The van der Waals surface area contributed by atoms with Crippen LogP contribution in [-0.4, -0.2) is 154 Å². The molecule has 0 saturated heterocycles. The van der Waals surface area contributed by atoms with Crippen LogP contribution in [0.4, 0.5) is 11.9 Å². The highest BCUT2D eigenvalue weighted by atomic mass is 79.9. The molecule has 1 aliphatic heterocycles. The van der Waals surface area contributed by atoms with Gasteiger partial charge in [-0.25, -0.2) is 18.5 Å². The number of ether oxygens (including phenoxy) is 8. The van der Waals surface area contributed by atoms with Gasteiger partial charge in [0, 0.05) is 27.5 Å².